The standard InChI is InChI=1S/C19H20N2O5/c22-16(17-6-3-9-26-17)12-19(24)14-4-1-2-5-15(14)21(18(19)23)13-20-7-10-25-11-8-20/h1-6,9,24H,7-8,10-13H2/p+1/t19-/m1/s1. The largest absolute Gasteiger partial charge is 0.461 e. The lowest BCUT2D eigenvalue weighted by atomic mass is 9.89. The summed E-state index contributed by atoms with van der Waals surface area (Å²) < 4.78 is 10.5. The SMILES string of the molecule is O=C(C[C@]1(O)C(=O)N(C[NH+]2CCOCC2)c2ccccc21)c1ccco1. The fraction of sp³-hybridized carbons (Fsp3) is 0.368. The third-order valence-corrected chi connectivity index (χ3v) is 5.03. The van der Waals surface area contributed by atoms with E-state index in [0.717, 1.165) is 13.1 Å². The molecule has 7 nitrogen and oxygen atoms in total. The highest BCUT2D eigenvalue weighted by Crippen LogP contribution is 2.42. The molecule has 4 rings (SSSR count). The zero-order valence-corrected chi connectivity index (χ0v) is 14.3. The van der Waals surface area contributed by atoms with Gasteiger partial charge >= 0.3 is 0 Å². The number of rotatable bonds is 5. The molecule has 0 aliphatic carbocycles. The summed E-state index contributed by atoms with van der Waals surface area (Å²) in [6.07, 6.45) is 1.06. The van der Waals surface area contributed by atoms with Gasteiger partial charge < -0.3 is 19.2 Å². The Labute approximate surface area is 150 Å². The van der Waals surface area contributed by atoms with E-state index in [0.29, 0.717) is 31.1 Å². The molecule has 2 aromatic rings. The summed E-state index contributed by atoms with van der Waals surface area (Å²) in [6.45, 7) is 3.35. The number of benzene rings is 1. The van der Waals surface area contributed by atoms with Crippen molar-refractivity contribution in [2.45, 2.75) is 12.0 Å². The van der Waals surface area contributed by atoms with Gasteiger partial charge in [-0.1, -0.05) is 18.2 Å². The van der Waals surface area contributed by atoms with Crippen LogP contribution in [0.5, 0.6) is 0 Å². The first-order valence-corrected chi connectivity index (χ1v) is 8.71. The molecule has 136 valence electrons. The van der Waals surface area contributed by atoms with Crippen molar-refractivity contribution in [2.75, 3.05) is 37.9 Å². The van der Waals surface area contributed by atoms with Crippen LogP contribution in [-0.2, 0) is 15.1 Å². The topological polar surface area (TPSA) is 84.4 Å². The van der Waals surface area contributed by atoms with E-state index in [1.807, 2.05) is 12.1 Å². The lowest BCUT2D eigenvalue weighted by Gasteiger charge is -2.29. The number of nitrogens with one attached hydrogen (secondary N) is 1. The summed E-state index contributed by atoms with van der Waals surface area (Å²) in [4.78, 5) is 28.4. The molecule has 26 heavy (non-hydrogen) atoms. The molecule has 1 fully saturated rings. The molecular formula is C19H21N2O5+. The molecule has 0 bridgehead atoms. The Morgan fingerprint density at radius 1 is 1.19 bits per heavy atom. The molecule has 2 aliphatic heterocycles. The number of ether oxygens (including phenoxy) is 1. The highest BCUT2D eigenvalue weighted by atomic mass is 16.5. The second-order valence-corrected chi connectivity index (χ2v) is 6.71. The first kappa shape index (κ1) is 17.0. The number of anilines is 1. The minimum atomic E-state index is -1.87. The Hall–Kier alpha value is -2.48. The summed E-state index contributed by atoms with van der Waals surface area (Å²) >= 11 is 0. The van der Waals surface area contributed by atoms with Gasteiger partial charge in [0.15, 0.2) is 18.0 Å². The van der Waals surface area contributed by atoms with E-state index in [4.69, 9.17) is 9.15 Å². The molecule has 1 amide bonds. The van der Waals surface area contributed by atoms with Gasteiger partial charge in [0.1, 0.15) is 13.1 Å². The summed E-state index contributed by atoms with van der Waals surface area (Å²) in [5, 5.41) is 11.2. The smallest absolute Gasteiger partial charge is 0.268 e. The Bertz CT molecular complexity index is 813. The van der Waals surface area contributed by atoms with Gasteiger partial charge in [0.05, 0.1) is 31.6 Å². The maximum absolute atomic E-state index is 13.1. The van der Waals surface area contributed by atoms with Gasteiger partial charge in [-0.15, -0.1) is 0 Å². The Kier molecular flexibility index (Phi) is 4.36. The molecule has 0 unspecified atom stereocenters. The zero-order valence-electron chi connectivity index (χ0n) is 14.3. The molecule has 7 heteroatoms. The van der Waals surface area contributed by atoms with Crippen LogP contribution in [0.3, 0.4) is 0 Å². The third-order valence-electron chi connectivity index (χ3n) is 5.03. The van der Waals surface area contributed by atoms with Crippen LogP contribution in [0, 0.1) is 0 Å². The van der Waals surface area contributed by atoms with Crippen molar-refractivity contribution in [2.24, 2.45) is 0 Å². The average molecular weight is 357 g/mol. The van der Waals surface area contributed by atoms with Crippen molar-refractivity contribution in [1.82, 2.24) is 0 Å². The fourth-order valence-corrected chi connectivity index (χ4v) is 3.63. The highest BCUT2D eigenvalue weighted by Gasteiger charge is 2.52. The van der Waals surface area contributed by atoms with Gasteiger partial charge in [0.2, 0.25) is 5.78 Å². The number of para-hydroxylation sites is 1. The van der Waals surface area contributed by atoms with Crippen LogP contribution in [0.2, 0.25) is 0 Å². The summed E-state index contributed by atoms with van der Waals surface area (Å²) in [5.74, 6) is -0.722. The predicted octanol–water partition coefficient (Wildman–Crippen LogP) is -0.0406. The number of hydrogen-bond acceptors (Lipinski definition) is 5. The number of ketones is 1. The van der Waals surface area contributed by atoms with E-state index >= 15 is 0 Å². The summed E-state index contributed by atoms with van der Waals surface area (Å²) in [5.41, 5.74) is -0.740. The van der Waals surface area contributed by atoms with E-state index in [1.165, 1.54) is 17.2 Å². The van der Waals surface area contributed by atoms with Crippen molar-refractivity contribution in [1.29, 1.82) is 0 Å². The molecular weight excluding hydrogens is 336 g/mol. The molecule has 1 aromatic carbocycles. The zero-order chi connectivity index (χ0) is 18.1. The monoisotopic (exact) mass is 357 g/mol. The molecule has 1 atom stereocenters. The van der Waals surface area contributed by atoms with E-state index in [1.54, 1.807) is 23.1 Å². The normalized spacial score (nSPS) is 23.3. The number of morpholine rings is 1. The Morgan fingerprint density at radius 3 is 2.69 bits per heavy atom. The minimum Gasteiger partial charge on any atom is -0.461 e. The molecule has 0 spiro atoms. The number of quaternary nitrogens is 1. The maximum atomic E-state index is 13.1. The van der Waals surface area contributed by atoms with E-state index in [-0.39, 0.29) is 12.2 Å². The van der Waals surface area contributed by atoms with E-state index in [9.17, 15) is 14.7 Å². The van der Waals surface area contributed by atoms with Crippen molar-refractivity contribution >= 4 is 17.4 Å². The molecule has 1 saturated heterocycles. The number of nitrogens with zero attached hydrogens (tertiary/aromatic N) is 1. The Balaban J connectivity index is 1.63. The number of amides is 1. The van der Waals surface area contributed by atoms with E-state index < -0.39 is 17.3 Å². The quantitative estimate of drug-likeness (QED) is 0.734. The van der Waals surface area contributed by atoms with Gasteiger partial charge in [0, 0.05) is 5.56 Å². The maximum Gasteiger partial charge on any atom is 0.268 e. The van der Waals surface area contributed by atoms with Crippen LogP contribution >= 0.6 is 0 Å². The van der Waals surface area contributed by atoms with Crippen LogP contribution < -0.4 is 9.80 Å². The van der Waals surface area contributed by atoms with Crippen LogP contribution in [0.1, 0.15) is 22.5 Å². The molecule has 2 N–H and O–H groups in total. The van der Waals surface area contributed by atoms with Crippen molar-refractivity contribution < 1.29 is 28.7 Å². The second-order valence-electron chi connectivity index (χ2n) is 6.71. The fourth-order valence-electron chi connectivity index (χ4n) is 3.63. The summed E-state index contributed by atoms with van der Waals surface area (Å²) in [7, 11) is 0. The minimum absolute atomic E-state index is 0.140. The van der Waals surface area contributed by atoms with Crippen molar-refractivity contribution in [3.05, 3.63) is 54.0 Å². The van der Waals surface area contributed by atoms with Gasteiger partial charge in [-0.3, -0.25) is 14.5 Å². The molecule has 1 aromatic heterocycles. The summed E-state index contributed by atoms with van der Waals surface area (Å²) in [6, 6.07) is 10.2. The number of carbonyl (C=O) groups is 2. The van der Waals surface area contributed by atoms with Gasteiger partial charge in [-0.05, 0) is 18.2 Å². The number of furan rings is 1. The number of Topliss-reactive ketones (excluding diaryl/α,β-unsaturated/α-hetero) is 1. The average Bonchev–Trinajstić information content (AvgIpc) is 3.26. The van der Waals surface area contributed by atoms with Crippen LogP contribution in [0.25, 0.3) is 0 Å². The number of carbonyl (C=O) groups excluding carboxylic acids is 2. The molecule has 3 heterocycles. The number of hydrogen-bond donors (Lipinski definition) is 2. The predicted molar refractivity (Wildman–Crippen MR) is 91.9 cm³/mol. The molecule has 0 radical (unpaired) electrons. The first-order chi connectivity index (χ1) is 12.6. The highest BCUT2D eigenvalue weighted by molar-refractivity contribution is 6.10. The third kappa shape index (κ3) is 2.84. The second kappa shape index (κ2) is 6.68. The molecule has 2 aliphatic rings. The van der Waals surface area contributed by atoms with Crippen molar-refractivity contribution in [3.63, 3.8) is 0 Å². The van der Waals surface area contributed by atoms with Gasteiger partial charge in [0.25, 0.3) is 5.91 Å². The lowest BCUT2D eigenvalue weighted by Crippen LogP contribution is -3.15. The van der Waals surface area contributed by atoms with Crippen LogP contribution in [0.15, 0.2) is 47.1 Å². The Morgan fingerprint density at radius 2 is 1.96 bits per heavy atom. The van der Waals surface area contributed by atoms with Crippen LogP contribution in [-0.4, -0.2) is 49.8 Å². The van der Waals surface area contributed by atoms with E-state index in [2.05, 4.69) is 0 Å². The lowest BCUT2D eigenvalue weighted by molar-refractivity contribution is -0.906. The van der Waals surface area contributed by atoms with Crippen LogP contribution in [0.4, 0.5) is 5.69 Å². The van der Waals surface area contributed by atoms with Gasteiger partial charge in [-0.2, -0.15) is 0 Å². The number of aliphatic hydroxyl groups is 1. The van der Waals surface area contributed by atoms with Gasteiger partial charge in [-0.25, -0.2) is 0 Å². The van der Waals surface area contributed by atoms with Crippen molar-refractivity contribution in [3.8, 4) is 0 Å². The first-order valence-electron chi connectivity index (χ1n) is 8.71. The number of fused-ring (bicyclic) bond motifs is 1. The molecule has 0 saturated carbocycles.